The van der Waals surface area contributed by atoms with Crippen LogP contribution in [0.15, 0.2) is 12.7 Å². The van der Waals surface area contributed by atoms with Gasteiger partial charge in [0.15, 0.2) is 0 Å². The second-order valence-electron chi connectivity index (χ2n) is 7.77. The zero-order chi connectivity index (χ0) is 17.0. The third kappa shape index (κ3) is 3.36. The minimum atomic E-state index is -0.737. The van der Waals surface area contributed by atoms with Gasteiger partial charge in [-0.05, 0) is 25.7 Å². The molecule has 3 rings (SSSR count). The van der Waals surface area contributed by atoms with Gasteiger partial charge >= 0.3 is 0 Å². The van der Waals surface area contributed by atoms with Crippen LogP contribution in [0.1, 0.15) is 38.5 Å². The summed E-state index contributed by atoms with van der Waals surface area (Å²) in [6, 6.07) is 2.34. The van der Waals surface area contributed by atoms with Gasteiger partial charge in [-0.3, -0.25) is 9.69 Å². The van der Waals surface area contributed by atoms with Crippen molar-refractivity contribution in [1.82, 2.24) is 9.80 Å². The topological polar surface area (TPSA) is 56.6 Å². The Morgan fingerprint density at radius 1 is 1.21 bits per heavy atom. The highest BCUT2D eigenvalue weighted by Crippen LogP contribution is 2.41. The van der Waals surface area contributed by atoms with Gasteiger partial charge in [0.2, 0.25) is 5.91 Å². The standard InChI is InChI=1S/C19H29N3O2/c1-2-9-21-12-13-24-16-18(15-21)7-10-22(11-8-18)17(23)19(14-20)5-3-4-6-19/h2H,1,3-13,15-16H2. The number of hydrogen-bond acceptors (Lipinski definition) is 4. The Balaban J connectivity index is 1.63. The summed E-state index contributed by atoms with van der Waals surface area (Å²) >= 11 is 0. The number of likely N-dealkylation sites (tertiary alicyclic amines) is 1. The lowest BCUT2D eigenvalue weighted by Gasteiger charge is -2.43. The van der Waals surface area contributed by atoms with E-state index in [1.54, 1.807) is 0 Å². The van der Waals surface area contributed by atoms with Crippen molar-refractivity contribution in [3.05, 3.63) is 12.7 Å². The molecule has 0 bridgehead atoms. The van der Waals surface area contributed by atoms with Crippen molar-refractivity contribution in [2.75, 3.05) is 45.9 Å². The van der Waals surface area contributed by atoms with E-state index in [0.29, 0.717) is 0 Å². The van der Waals surface area contributed by atoms with E-state index in [0.717, 1.165) is 84.5 Å². The Hall–Kier alpha value is -1.38. The molecular weight excluding hydrogens is 302 g/mol. The van der Waals surface area contributed by atoms with E-state index in [4.69, 9.17) is 4.74 Å². The first-order chi connectivity index (χ1) is 11.6. The van der Waals surface area contributed by atoms with Crippen molar-refractivity contribution in [1.29, 1.82) is 5.26 Å². The van der Waals surface area contributed by atoms with E-state index in [2.05, 4.69) is 17.5 Å². The van der Waals surface area contributed by atoms with Crippen molar-refractivity contribution in [3.63, 3.8) is 0 Å². The molecule has 3 aliphatic rings. The third-order valence-electron chi connectivity index (χ3n) is 6.10. The molecule has 1 amide bonds. The van der Waals surface area contributed by atoms with E-state index in [1.807, 2.05) is 11.0 Å². The number of nitriles is 1. The van der Waals surface area contributed by atoms with Gasteiger partial charge in [0, 0.05) is 38.1 Å². The minimum Gasteiger partial charge on any atom is -0.379 e. The van der Waals surface area contributed by atoms with Gasteiger partial charge in [-0.25, -0.2) is 0 Å². The van der Waals surface area contributed by atoms with E-state index in [9.17, 15) is 10.1 Å². The van der Waals surface area contributed by atoms with Gasteiger partial charge in [0.1, 0.15) is 5.41 Å². The highest BCUT2D eigenvalue weighted by Gasteiger charge is 2.46. The van der Waals surface area contributed by atoms with E-state index in [1.165, 1.54) is 0 Å². The monoisotopic (exact) mass is 331 g/mol. The fourth-order valence-electron chi connectivity index (χ4n) is 4.56. The number of amides is 1. The summed E-state index contributed by atoms with van der Waals surface area (Å²) in [7, 11) is 0. The van der Waals surface area contributed by atoms with Crippen LogP contribution in [0, 0.1) is 22.2 Å². The molecule has 0 aromatic carbocycles. The SMILES string of the molecule is C=CCN1CCOCC2(CCN(C(=O)C3(C#N)CCCC3)CC2)C1. The molecule has 2 aliphatic heterocycles. The minimum absolute atomic E-state index is 0.0786. The molecule has 132 valence electrons. The van der Waals surface area contributed by atoms with Gasteiger partial charge in [-0.1, -0.05) is 18.9 Å². The van der Waals surface area contributed by atoms with Crippen molar-refractivity contribution < 1.29 is 9.53 Å². The Morgan fingerprint density at radius 2 is 1.92 bits per heavy atom. The lowest BCUT2D eigenvalue weighted by atomic mass is 9.77. The lowest BCUT2D eigenvalue weighted by Crippen LogP contribution is -2.51. The number of piperidine rings is 1. The molecule has 1 saturated carbocycles. The summed E-state index contributed by atoms with van der Waals surface area (Å²) in [5.74, 6) is 0.0786. The first-order valence-electron chi connectivity index (χ1n) is 9.25. The van der Waals surface area contributed by atoms with E-state index >= 15 is 0 Å². The summed E-state index contributed by atoms with van der Waals surface area (Å²) in [5.41, 5.74) is -0.592. The molecular formula is C19H29N3O2. The number of ether oxygens (including phenoxy) is 1. The quantitative estimate of drug-likeness (QED) is 0.744. The molecule has 1 aliphatic carbocycles. The second-order valence-corrected chi connectivity index (χ2v) is 7.77. The first-order valence-corrected chi connectivity index (χ1v) is 9.25. The van der Waals surface area contributed by atoms with Crippen LogP contribution in [-0.2, 0) is 9.53 Å². The number of rotatable bonds is 3. The molecule has 5 nitrogen and oxygen atoms in total. The fraction of sp³-hybridized carbons (Fsp3) is 0.789. The number of carbonyl (C=O) groups excluding carboxylic acids is 1. The molecule has 0 radical (unpaired) electrons. The zero-order valence-electron chi connectivity index (χ0n) is 14.6. The molecule has 2 saturated heterocycles. The molecule has 24 heavy (non-hydrogen) atoms. The van der Waals surface area contributed by atoms with Crippen LogP contribution in [-0.4, -0.2) is 61.6 Å². The molecule has 2 heterocycles. The Kier molecular flexibility index (Phi) is 5.27. The van der Waals surface area contributed by atoms with E-state index < -0.39 is 5.41 Å². The Morgan fingerprint density at radius 3 is 2.54 bits per heavy atom. The molecule has 0 unspecified atom stereocenters. The number of carbonyl (C=O) groups is 1. The average molecular weight is 331 g/mol. The third-order valence-corrected chi connectivity index (χ3v) is 6.10. The van der Waals surface area contributed by atoms with E-state index in [-0.39, 0.29) is 11.3 Å². The summed E-state index contributed by atoms with van der Waals surface area (Å²) in [6.45, 7) is 9.79. The van der Waals surface area contributed by atoms with Crippen LogP contribution >= 0.6 is 0 Å². The van der Waals surface area contributed by atoms with Crippen molar-refractivity contribution in [3.8, 4) is 6.07 Å². The summed E-state index contributed by atoms with van der Waals surface area (Å²) in [4.78, 5) is 17.3. The van der Waals surface area contributed by atoms with Crippen LogP contribution in [0.5, 0.6) is 0 Å². The smallest absolute Gasteiger partial charge is 0.243 e. The van der Waals surface area contributed by atoms with Gasteiger partial charge < -0.3 is 9.64 Å². The van der Waals surface area contributed by atoms with Gasteiger partial charge in [-0.2, -0.15) is 5.26 Å². The van der Waals surface area contributed by atoms with Crippen LogP contribution < -0.4 is 0 Å². The van der Waals surface area contributed by atoms with Crippen LogP contribution in [0.2, 0.25) is 0 Å². The fourth-order valence-corrected chi connectivity index (χ4v) is 4.56. The maximum atomic E-state index is 12.9. The largest absolute Gasteiger partial charge is 0.379 e. The molecule has 0 aromatic rings. The average Bonchev–Trinajstić information content (AvgIpc) is 3.01. The Labute approximate surface area is 145 Å². The van der Waals surface area contributed by atoms with Crippen molar-refractivity contribution >= 4 is 5.91 Å². The highest BCUT2D eigenvalue weighted by molar-refractivity contribution is 5.86. The Bertz CT molecular complexity index is 511. The van der Waals surface area contributed by atoms with Gasteiger partial charge in [-0.15, -0.1) is 6.58 Å². The predicted octanol–water partition coefficient (Wildman–Crippen LogP) is 2.20. The molecule has 0 aromatic heterocycles. The normalized spacial score (nSPS) is 26.7. The molecule has 0 N–H and O–H groups in total. The first kappa shape index (κ1) is 17.4. The molecule has 3 fully saturated rings. The van der Waals surface area contributed by atoms with Crippen LogP contribution in [0.25, 0.3) is 0 Å². The summed E-state index contributed by atoms with van der Waals surface area (Å²) < 4.78 is 5.87. The zero-order valence-corrected chi connectivity index (χ0v) is 14.6. The van der Waals surface area contributed by atoms with Crippen LogP contribution in [0.4, 0.5) is 0 Å². The summed E-state index contributed by atoms with van der Waals surface area (Å²) in [5, 5.41) is 9.56. The van der Waals surface area contributed by atoms with Crippen molar-refractivity contribution in [2.45, 2.75) is 38.5 Å². The maximum Gasteiger partial charge on any atom is 0.243 e. The molecule has 0 atom stereocenters. The number of hydrogen-bond donors (Lipinski definition) is 0. The molecule has 1 spiro atoms. The van der Waals surface area contributed by atoms with Crippen LogP contribution in [0.3, 0.4) is 0 Å². The van der Waals surface area contributed by atoms with Crippen molar-refractivity contribution in [2.24, 2.45) is 10.8 Å². The number of nitrogens with zero attached hydrogens (tertiary/aromatic N) is 3. The lowest BCUT2D eigenvalue weighted by molar-refractivity contribution is -0.142. The molecule has 5 heteroatoms. The van der Waals surface area contributed by atoms with Gasteiger partial charge in [0.05, 0.1) is 19.3 Å². The summed E-state index contributed by atoms with van der Waals surface area (Å²) in [6.07, 6.45) is 7.36. The predicted molar refractivity (Wildman–Crippen MR) is 92.2 cm³/mol. The highest BCUT2D eigenvalue weighted by atomic mass is 16.5. The maximum absolute atomic E-state index is 12.9. The second kappa shape index (κ2) is 7.25. The van der Waals surface area contributed by atoms with Gasteiger partial charge in [0.25, 0.3) is 0 Å².